The van der Waals surface area contributed by atoms with Crippen LogP contribution in [-0.2, 0) is 4.74 Å². The molecule has 6 nitrogen and oxygen atoms in total. The van der Waals surface area contributed by atoms with Crippen molar-refractivity contribution < 1.29 is 9.53 Å². The van der Waals surface area contributed by atoms with Gasteiger partial charge in [-0.2, -0.15) is 0 Å². The Hall–Kier alpha value is -1.95. The van der Waals surface area contributed by atoms with Crippen molar-refractivity contribution in [1.29, 1.82) is 0 Å². The van der Waals surface area contributed by atoms with Gasteiger partial charge in [0, 0.05) is 19.6 Å². The molecule has 0 saturated carbocycles. The van der Waals surface area contributed by atoms with Crippen LogP contribution in [0.3, 0.4) is 0 Å². The van der Waals surface area contributed by atoms with Crippen LogP contribution in [0.5, 0.6) is 0 Å². The molecule has 18 heavy (non-hydrogen) atoms. The lowest BCUT2D eigenvalue weighted by Gasteiger charge is -2.26. The highest BCUT2D eigenvalue weighted by molar-refractivity contribution is 5.92. The first-order chi connectivity index (χ1) is 8.81. The van der Waals surface area contributed by atoms with Gasteiger partial charge in [0.1, 0.15) is 11.5 Å². The van der Waals surface area contributed by atoms with E-state index in [0.29, 0.717) is 44.4 Å². The minimum absolute atomic E-state index is 0.0962. The third-order valence-corrected chi connectivity index (χ3v) is 2.60. The average Bonchev–Trinajstić information content (AvgIpc) is 2.46. The Kier molecular flexibility index (Phi) is 4.25. The van der Waals surface area contributed by atoms with Crippen LogP contribution in [-0.4, -0.2) is 53.6 Å². The van der Waals surface area contributed by atoms with Gasteiger partial charge in [0.05, 0.1) is 25.6 Å². The first-order valence-electron chi connectivity index (χ1n) is 5.85. The lowest BCUT2D eigenvalue weighted by atomic mass is 10.3. The number of hydrogen-bond acceptors (Lipinski definition) is 5. The monoisotopic (exact) mass is 248 g/mol. The molecule has 0 bridgehead atoms. The van der Waals surface area contributed by atoms with Gasteiger partial charge < -0.3 is 15.0 Å². The Morgan fingerprint density at radius 1 is 1.44 bits per heavy atom. The molecule has 2 heterocycles. The van der Waals surface area contributed by atoms with E-state index >= 15 is 0 Å². The van der Waals surface area contributed by atoms with E-state index in [4.69, 9.17) is 4.74 Å². The predicted octanol–water partition coefficient (Wildman–Crippen LogP) is 0.547. The summed E-state index contributed by atoms with van der Waals surface area (Å²) in [6.07, 6.45) is 4.77. The lowest BCUT2D eigenvalue weighted by molar-refractivity contribution is 0.0298. The maximum absolute atomic E-state index is 12.1. The molecule has 0 aromatic carbocycles. The molecular weight excluding hydrogens is 232 g/mol. The standard InChI is InChI=1S/C12H16N4O2/c1-2-3-13-11-9-14-10(8-15-11)12(17)16-4-6-18-7-5-16/h2,8-9H,1,3-7H2,(H,13,15). The Morgan fingerprint density at radius 3 is 2.83 bits per heavy atom. The zero-order valence-corrected chi connectivity index (χ0v) is 10.1. The molecule has 2 rings (SSSR count). The molecule has 96 valence electrons. The van der Waals surface area contributed by atoms with Crippen LogP contribution in [0, 0.1) is 0 Å². The number of rotatable bonds is 4. The second-order valence-electron chi connectivity index (χ2n) is 3.86. The van der Waals surface area contributed by atoms with Crippen LogP contribution < -0.4 is 5.32 Å². The number of carbonyl (C=O) groups excluding carboxylic acids is 1. The summed E-state index contributed by atoms with van der Waals surface area (Å²) in [5.41, 5.74) is 0.362. The number of aromatic nitrogens is 2. The number of nitrogens with one attached hydrogen (secondary N) is 1. The van der Waals surface area contributed by atoms with E-state index in [9.17, 15) is 4.79 Å². The van der Waals surface area contributed by atoms with Crippen LogP contribution in [0.15, 0.2) is 25.0 Å². The highest BCUT2D eigenvalue weighted by atomic mass is 16.5. The van der Waals surface area contributed by atoms with Crippen molar-refractivity contribution >= 4 is 11.7 Å². The van der Waals surface area contributed by atoms with Crippen molar-refractivity contribution in [3.8, 4) is 0 Å². The number of carbonyl (C=O) groups is 1. The fraction of sp³-hybridized carbons (Fsp3) is 0.417. The first kappa shape index (κ1) is 12.5. The molecule has 1 N–H and O–H groups in total. The summed E-state index contributed by atoms with van der Waals surface area (Å²) < 4.78 is 5.20. The largest absolute Gasteiger partial charge is 0.378 e. The molecule has 1 aromatic rings. The summed E-state index contributed by atoms with van der Waals surface area (Å²) in [5.74, 6) is 0.537. The molecule has 0 radical (unpaired) electrons. The normalized spacial score (nSPS) is 15.2. The summed E-state index contributed by atoms with van der Waals surface area (Å²) in [6, 6.07) is 0. The third kappa shape index (κ3) is 3.04. The fourth-order valence-corrected chi connectivity index (χ4v) is 1.63. The number of hydrogen-bond donors (Lipinski definition) is 1. The van der Waals surface area contributed by atoms with Gasteiger partial charge in [0.2, 0.25) is 0 Å². The van der Waals surface area contributed by atoms with Crippen LogP contribution in [0.25, 0.3) is 0 Å². The highest BCUT2D eigenvalue weighted by Crippen LogP contribution is 2.06. The molecule has 1 fully saturated rings. The van der Waals surface area contributed by atoms with Crippen molar-refractivity contribution in [2.24, 2.45) is 0 Å². The van der Waals surface area contributed by atoms with E-state index in [-0.39, 0.29) is 5.91 Å². The average molecular weight is 248 g/mol. The molecule has 1 aromatic heterocycles. The van der Waals surface area contributed by atoms with Gasteiger partial charge in [-0.25, -0.2) is 9.97 Å². The Labute approximate surface area is 106 Å². The van der Waals surface area contributed by atoms with Crippen molar-refractivity contribution in [2.45, 2.75) is 0 Å². The molecule has 1 aliphatic rings. The molecule has 0 spiro atoms. The Balaban J connectivity index is 1.99. The second-order valence-corrected chi connectivity index (χ2v) is 3.86. The van der Waals surface area contributed by atoms with Crippen molar-refractivity contribution in [3.05, 3.63) is 30.7 Å². The molecule has 6 heteroatoms. The highest BCUT2D eigenvalue weighted by Gasteiger charge is 2.19. The van der Waals surface area contributed by atoms with Gasteiger partial charge in [-0.05, 0) is 0 Å². The van der Waals surface area contributed by atoms with Gasteiger partial charge in [0.25, 0.3) is 5.91 Å². The second kappa shape index (κ2) is 6.11. The molecule has 0 atom stereocenters. The van der Waals surface area contributed by atoms with E-state index < -0.39 is 0 Å². The predicted molar refractivity (Wildman–Crippen MR) is 67.4 cm³/mol. The van der Waals surface area contributed by atoms with Crippen molar-refractivity contribution in [3.63, 3.8) is 0 Å². The molecule has 1 saturated heterocycles. The summed E-state index contributed by atoms with van der Waals surface area (Å²) in [6.45, 7) is 6.60. The Bertz CT molecular complexity index is 413. The number of anilines is 1. The quantitative estimate of drug-likeness (QED) is 0.788. The van der Waals surface area contributed by atoms with Gasteiger partial charge in [-0.3, -0.25) is 4.79 Å². The lowest BCUT2D eigenvalue weighted by Crippen LogP contribution is -2.41. The van der Waals surface area contributed by atoms with E-state index in [2.05, 4.69) is 21.9 Å². The zero-order valence-electron chi connectivity index (χ0n) is 10.1. The summed E-state index contributed by atoms with van der Waals surface area (Å²) in [4.78, 5) is 22.0. The SMILES string of the molecule is C=CCNc1cnc(C(=O)N2CCOCC2)cn1. The van der Waals surface area contributed by atoms with E-state index in [1.807, 2.05) is 0 Å². The van der Waals surface area contributed by atoms with Gasteiger partial charge in [-0.15, -0.1) is 6.58 Å². The Morgan fingerprint density at radius 2 is 2.22 bits per heavy atom. The maximum atomic E-state index is 12.1. The number of ether oxygens (including phenoxy) is 1. The summed E-state index contributed by atoms with van der Waals surface area (Å²) in [5, 5.41) is 3.00. The molecule has 1 amide bonds. The van der Waals surface area contributed by atoms with Crippen molar-refractivity contribution in [1.82, 2.24) is 14.9 Å². The van der Waals surface area contributed by atoms with Crippen LogP contribution in [0.2, 0.25) is 0 Å². The third-order valence-electron chi connectivity index (χ3n) is 2.60. The van der Waals surface area contributed by atoms with E-state index in [1.54, 1.807) is 17.2 Å². The van der Waals surface area contributed by atoms with Gasteiger partial charge >= 0.3 is 0 Å². The van der Waals surface area contributed by atoms with E-state index in [1.165, 1.54) is 6.20 Å². The molecule has 0 unspecified atom stereocenters. The molecule has 0 aliphatic carbocycles. The van der Waals surface area contributed by atoms with Gasteiger partial charge in [-0.1, -0.05) is 6.08 Å². The molecule has 1 aliphatic heterocycles. The summed E-state index contributed by atoms with van der Waals surface area (Å²) in [7, 11) is 0. The number of nitrogens with zero attached hydrogens (tertiary/aromatic N) is 3. The minimum atomic E-state index is -0.0962. The minimum Gasteiger partial charge on any atom is -0.378 e. The fourth-order valence-electron chi connectivity index (χ4n) is 1.63. The molecular formula is C12H16N4O2. The number of amides is 1. The van der Waals surface area contributed by atoms with E-state index in [0.717, 1.165) is 0 Å². The smallest absolute Gasteiger partial charge is 0.274 e. The van der Waals surface area contributed by atoms with Gasteiger partial charge in [0.15, 0.2) is 0 Å². The first-order valence-corrected chi connectivity index (χ1v) is 5.85. The van der Waals surface area contributed by atoms with Crippen LogP contribution in [0.4, 0.5) is 5.82 Å². The summed E-state index contributed by atoms with van der Waals surface area (Å²) >= 11 is 0. The topological polar surface area (TPSA) is 67.4 Å². The van der Waals surface area contributed by atoms with Crippen LogP contribution >= 0.6 is 0 Å². The maximum Gasteiger partial charge on any atom is 0.274 e. The van der Waals surface area contributed by atoms with Crippen molar-refractivity contribution in [2.75, 3.05) is 38.2 Å². The zero-order chi connectivity index (χ0) is 12.8. The van der Waals surface area contributed by atoms with Crippen LogP contribution in [0.1, 0.15) is 10.5 Å². The number of morpholine rings is 1.